The Morgan fingerprint density at radius 1 is 0.774 bits per heavy atom. The van der Waals surface area contributed by atoms with Gasteiger partial charge in [-0.15, -0.1) is 0 Å². The molecule has 1 aromatic heterocycles. The van der Waals surface area contributed by atoms with Crippen LogP contribution in [0, 0.1) is 6.04 Å². The molecule has 2 saturated carbocycles. The van der Waals surface area contributed by atoms with Gasteiger partial charge in [-0.25, -0.2) is 0 Å². The van der Waals surface area contributed by atoms with Gasteiger partial charge in [0.05, 0.1) is 11.5 Å². The second-order valence-electron chi connectivity index (χ2n) is 14.3. The third kappa shape index (κ3) is 24.7. The van der Waals surface area contributed by atoms with E-state index in [2.05, 4.69) is 152 Å². The van der Waals surface area contributed by atoms with Crippen LogP contribution in [0.3, 0.4) is 0 Å². The normalized spacial score (nSPS) is 14.0. The molecule has 0 atom stereocenters. The topological polar surface area (TPSA) is 134 Å². The average Bonchev–Trinajstić information content (AvgIpc) is 3.76. The Labute approximate surface area is 420 Å². The number of benzene rings is 3. The molecule has 346 valence electrons. The molecule has 0 unspecified atom stereocenters. The molecule has 0 saturated heterocycles. The second kappa shape index (κ2) is 36.0. The van der Waals surface area contributed by atoms with E-state index in [1.54, 1.807) is 26.4 Å². The van der Waals surface area contributed by atoms with Crippen LogP contribution in [-0.4, -0.2) is 54.5 Å². The van der Waals surface area contributed by atoms with Gasteiger partial charge in [0.15, 0.2) is 0 Å². The number of halogens is 1. The molecular formula is C45H62ClN9OPPd2S3-3. The van der Waals surface area contributed by atoms with E-state index in [-0.39, 0.29) is 53.3 Å². The summed E-state index contributed by atoms with van der Waals surface area (Å²) in [4.78, 5) is 4.36. The molecular weight excluding hydrogens is 1060 g/mol. The maximum atomic E-state index is 9.56. The molecule has 2 aliphatic carbocycles. The Hall–Kier alpha value is -2.29. The van der Waals surface area contributed by atoms with Gasteiger partial charge in [0.25, 0.3) is 0 Å². The molecule has 17 heteroatoms. The molecule has 2 fully saturated rings. The molecule has 2 N–H and O–H groups in total. The molecule has 0 spiro atoms. The summed E-state index contributed by atoms with van der Waals surface area (Å²) < 4.78 is 9.56. The van der Waals surface area contributed by atoms with Gasteiger partial charge in [0, 0.05) is 54.6 Å². The van der Waals surface area contributed by atoms with Gasteiger partial charge in [-0.2, -0.15) is 12.8 Å². The Kier molecular flexibility index (Phi) is 34.7. The van der Waals surface area contributed by atoms with Crippen LogP contribution in [0.4, 0.5) is 0 Å². The number of aromatic nitrogens is 3. The zero-order valence-electron chi connectivity index (χ0n) is 36.7. The van der Waals surface area contributed by atoms with Gasteiger partial charge in [-0.05, 0) is 54.7 Å². The van der Waals surface area contributed by atoms with E-state index in [0.29, 0.717) is 39.3 Å². The van der Waals surface area contributed by atoms with E-state index < -0.39 is 18.7 Å². The monoisotopic (exact) mass is 1120 g/mol. The van der Waals surface area contributed by atoms with Gasteiger partial charge in [-0.1, -0.05) is 200 Å². The average molecular weight is 1120 g/mol. The fourth-order valence-electron chi connectivity index (χ4n) is 6.14. The van der Waals surface area contributed by atoms with Gasteiger partial charge in [0.2, 0.25) is 0 Å². The van der Waals surface area contributed by atoms with Crippen LogP contribution >= 0.6 is 32.4 Å². The van der Waals surface area contributed by atoms with E-state index in [1.165, 1.54) is 79.7 Å². The van der Waals surface area contributed by atoms with Crippen molar-refractivity contribution in [1.82, 2.24) is 25.8 Å². The first-order valence-electron chi connectivity index (χ1n) is 20.7. The number of thiocarbonyl (C=S) groups is 2. The van der Waals surface area contributed by atoms with E-state index in [4.69, 9.17) is 24.4 Å². The van der Waals surface area contributed by atoms with Crippen LogP contribution in [0.25, 0.3) is 10.9 Å². The first kappa shape index (κ1) is 59.7. The van der Waals surface area contributed by atoms with Crippen LogP contribution < -0.4 is 44.1 Å². The first-order chi connectivity index (χ1) is 28.6. The summed E-state index contributed by atoms with van der Waals surface area (Å²) in [5.74, 6) is 0.761. The molecule has 4 aromatic rings. The van der Waals surface area contributed by atoms with Crippen molar-refractivity contribution in [3.8, 4) is 0 Å². The molecule has 0 amide bonds. The van der Waals surface area contributed by atoms with E-state index in [0.717, 1.165) is 25.7 Å². The number of unbranched alkanes of at least 4 members (excludes halogenated alkanes) is 2. The van der Waals surface area contributed by atoms with Crippen molar-refractivity contribution >= 4 is 80.7 Å². The van der Waals surface area contributed by atoms with Crippen molar-refractivity contribution in [3.05, 3.63) is 120 Å². The summed E-state index contributed by atoms with van der Waals surface area (Å²) in [6, 6.07) is 33.9. The van der Waals surface area contributed by atoms with Crippen molar-refractivity contribution < 1.29 is 57.5 Å². The molecule has 2 aliphatic rings. The summed E-state index contributed by atoms with van der Waals surface area (Å²) in [6.45, 7) is 7.96. The quantitative estimate of drug-likeness (QED) is 0.0417. The minimum atomic E-state index is -0.611. The van der Waals surface area contributed by atoms with E-state index in [1.807, 2.05) is 0 Å². The predicted molar refractivity (Wildman–Crippen MR) is 261 cm³/mol. The van der Waals surface area contributed by atoms with Gasteiger partial charge in [-0.3, -0.25) is 19.5 Å². The third-order valence-electron chi connectivity index (χ3n) is 9.10. The molecule has 0 bridgehead atoms. The molecule has 10 nitrogen and oxygen atoms in total. The van der Waals surface area contributed by atoms with Crippen molar-refractivity contribution in [2.45, 2.75) is 117 Å². The number of hydrogen-bond donors (Lipinski definition) is 2. The van der Waals surface area contributed by atoms with Crippen LogP contribution in [0.1, 0.15) is 123 Å². The minimum Gasteiger partial charge on any atom is -1.00 e. The summed E-state index contributed by atoms with van der Waals surface area (Å²) >= 11 is 10.5. The largest absolute Gasteiger partial charge is 2.00 e. The van der Waals surface area contributed by atoms with Gasteiger partial charge in [0.1, 0.15) is 0 Å². The second-order valence-corrected chi connectivity index (χ2v) is 18.8. The zero-order chi connectivity index (χ0) is 42.7. The zero-order valence-corrected chi connectivity index (χ0v) is 43.9. The van der Waals surface area contributed by atoms with Crippen LogP contribution in [0.15, 0.2) is 101 Å². The summed E-state index contributed by atoms with van der Waals surface area (Å²) in [7, 11) is -1.06. The van der Waals surface area contributed by atoms with E-state index >= 15 is 0 Å². The fourth-order valence-corrected chi connectivity index (χ4v) is 8.84. The summed E-state index contributed by atoms with van der Waals surface area (Å²) in [5, 5.41) is 27.8. The number of rotatable bonds is 11. The SMILES string of the molecule is C/C(=N\[N-]C(=S)NC1CCCCC1)c1n[n-]c(/C(C)=N/[N-]C(=S)N[C-]2CCCCC2)n1.CCCCC.CS(C)=O.[Cl-].[Pd+2].[Pd].c1ccc(P(c2ccccc2)c2ccccc2)cc1. The third-order valence-corrected chi connectivity index (χ3v) is 11.9. The smallest absolute Gasteiger partial charge is 1.00 e. The fraction of sp³-hybridized carbons (Fsp3) is 0.444. The summed E-state index contributed by atoms with van der Waals surface area (Å²) in [6.07, 6.45) is 19.1. The number of hydrogen-bond acceptors (Lipinski definition) is 7. The minimum absolute atomic E-state index is 0. The number of nitrogens with zero attached hydrogens (tertiary/aromatic N) is 7. The Balaban J connectivity index is 0.00000102. The molecule has 0 radical (unpaired) electrons. The maximum Gasteiger partial charge on any atom is 2.00 e. The summed E-state index contributed by atoms with van der Waals surface area (Å²) in [5.41, 5.74) is 9.21. The van der Waals surface area contributed by atoms with Gasteiger partial charge < -0.3 is 50.0 Å². The Morgan fingerprint density at radius 3 is 1.66 bits per heavy atom. The molecule has 0 aliphatic heterocycles. The first-order valence-corrected chi connectivity index (χ1v) is 24.8. The van der Waals surface area contributed by atoms with Crippen molar-refractivity contribution in [2.75, 3.05) is 12.5 Å². The molecule has 62 heavy (non-hydrogen) atoms. The van der Waals surface area contributed by atoms with Gasteiger partial charge >= 0.3 is 20.4 Å². The molecule has 1 heterocycles. The number of nitrogens with one attached hydrogen (secondary N) is 2. The standard InChI is InChI=1S/C20H31N9S2.C18H15P.C5H12.C2H6OS.ClH.2Pd/c1-13(24-28-19(30)21-15-9-5-3-6-10-15)17-23-18(27-26-17)14(2)25-29-20(31)22-16-11-7-4-8-12-16;1-4-10-16(11-5-1)19(17-12-6-2-7-13-17)18-14-8-3-9-15-18;1-3-5-4-2;1-4(2)3;;;/h15H,3-12H2,1-2H3,(H4-,21,22,23,24,25,26,27,28,29,30,31);1-15H;3-5H2,1-2H3;1-2H3;1H;;/q-2;;;;;;+2/p-3. The molecule has 6 rings (SSSR count). The Morgan fingerprint density at radius 2 is 1.21 bits per heavy atom. The molecule has 3 aromatic carbocycles. The van der Waals surface area contributed by atoms with Crippen molar-refractivity contribution in [2.24, 2.45) is 10.2 Å². The van der Waals surface area contributed by atoms with Crippen LogP contribution in [-0.2, 0) is 51.6 Å². The van der Waals surface area contributed by atoms with Crippen LogP contribution in [0.5, 0.6) is 0 Å². The maximum absolute atomic E-state index is 9.56. The van der Waals surface area contributed by atoms with Crippen LogP contribution in [0.2, 0.25) is 0 Å². The Bertz CT molecular complexity index is 1700. The van der Waals surface area contributed by atoms with Crippen molar-refractivity contribution in [1.29, 1.82) is 0 Å². The van der Waals surface area contributed by atoms with Crippen molar-refractivity contribution in [3.63, 3.8) is 0 Å². The van der Waals surface area contributed by atoms with E-state index in [9.17, 15) is 4.21 Å². The predicted octanol–water partition coefficient (Wildman–Crippen LogP) is 6.84.